The summed E-state index contributed by atoms with van der Waals surface area (Å²) in [6.07, 6.45) is 1.01. The highest BCUT2D eigenvalue weighted by Gasteiger charge is 2.55. The zero-order valence-corrected chi connectivity index (χ0v) is 14.3. The average molecular weight is 351 g/mol. The Labute approximate surface area is 143 Å². The Morgan fingerprint density at radius 3 is 2.71 bits per heavy atom. The Bertz CT molecular complexity index is 497. The van der Waals surface area contributed by atoms with E-state index in [2.05, 4.69) is 24.4 Å². The minimum atomic E-state index is 0. The first-order chi connectivity index (χ1) is 9.19. The Balaban J connectivity index is 0.00000110. The number of nitrogens with two attached hydrogens (primary N) is 1. The molecule has 1 saturated heterocycles. The molecule has 6 heteroatoms. The zero-order chi connectivity index (χ0) is 13.4. The summed E-state index contributed by atoms with van der Waals surface area (Å²) in [6.45, 7) is 3.57. The molecule has 3 nitrogen and oxygen atoms in total. The van der Waals surface area contributed by atoms with Gasteiger partial charge in [-0.05, 0) is 17.0 Å². The number of hydrogen-bond donors (Lipinski definition) is 2. The second-order valence-corrected chi connectivity index (χ2v) is 6.16. The molecule has 2 aliphatic rings. The molecule has 1 heterocycles. The average Bonchev–Trinajstić information content (AvgIpc) is 3.08. The highest BCUT2D eigenvalue weighted by molar-refractivity contribution is 6.24. The summed E-state index contributed by atoms with van der Waals surface area (Å²) >= 11 is 6.24. The fraction of sp³-hybridized carbons (Fsp3) is 0.533. The molecule has 0 spiro atoms. The summed E-state index contributed by atoms with van der Waals surface area (Å²) in [6, 6.07) is 8.75. The Morgan fingerprint density at radius 1 is 1.33 bits per heavy atom. The van der Waals surface area contributed by atoms with Gasteiger partial charge in [-0.2, -0.15) is 0 Å². The second kappa shape index (κ2) is 7.68. The normalized spacial score (nSPS) is 31.5. The van der Waals surface area contributed by atoms with Crippen LogP contribution in [0.3, 0.4) is 0 Å². The van der Waals surface area contributed by atoms with Crippen LogP contribution in [0.25, 0.3) is 0 Å². The molecule has 0 bridgehead atoms. The van der Waals surface area contributed by atoms with Crippen LogP contribution in [0.2, 0.25) is 0 Å². The topological polar surface area (TPSA) is 50.4 Å². The molecule has 0 amide bonds. The van der Waals surface area contributed by atoms with Crippen LogP contribution < -0.4 is 11.1 Å². The fourth-order valence-electron chi connectivity index (χ4n) is 2.98. The van der Waals surface area contributed by atoms with Crippen LogP contribution in [0.15, 0.2) is 29.3 Å². The molecule has 21 heavy (non-hydrogen) atoms. The number of halogens is 3. The highest BCUT2D eigenvalue weighted by atomic mass is 35.5. The molecule has 1 aromatic carbocycles. The lowest BCUT2D eigenvalue weighted by Crippen LogP contribution is -2.34. The lowest BCUT2D eigenvalue weighted by atomic mass is 9.98. The quantitative estimate of drug-likeness (QED) is 0.823. The molecule has 3 N–H and O–H groups in total. The third-order valence-corrected chi connectivity index (χ3v) is 4.73. The number of hydrogen-bond acceptors (Lipinski definition) is 2. The summed E-state index contributed by atoms with van der Waals surface area (Å²) in [5, 5.41) is 3.76. The summed E-state index contributed by atoms with van der Waals surface area (Å²) in [7, 11) is 0. The highest BCUT2D eigenvalue weighted by Crippen LogP contribution is 2.46. The first-order valence-corrected chi connectivity index (χ1v) is 7.34. The molecule has 4 unspecified atom stereocenters. The van der Waals surface area contributed by atoms with Gasteiger partial charge < -0.3 is 11.1 Å². The van der Waals surface area contributed by atoms with E-state index in [9.17, 15) is 0 Å². The van der Waals surface area contributed by atoms with E-state index in [1.54, 1.807) is 0 Å². The van der Waals surface area contributed by atoms with Gasteiger partial charge >= 0.3 is 0 Å². The molecule has 0 aromatic heterocycles. The molecule has 3 rings (SSSR count). The number of fused-ring (bicyclic) bond motifs is 1. The number of piperidine rings is 1. The van der Waals surface area contributed by atoms with Crippen LogP contribution in [0.1, 0.15) is 24.5 Å². The van der Waals surface area contributed by atoms with E-state index >= 15 is 0 Å². The van der Waals surface area contributed by atoms with Crippen molar-refractivity contribution in [1.82, 2.24) is 5.32 Å². The van der Waals surface area contributed by atoms with E-state index in [0.717, 1.165) is 17.8 Å². The van der Waals surface area contributed by atoms with E-state index in [1.165, 1.54) is 5.56 Å². The van der Waals surface area contributed by atoms with Crippen LogP contribution in [0, 0.1) is 11.8 Å². The first kappa shape index (κ1) is 18.6. The van der Waals surface area contributed by atoms with Gasteiger partial charge in [0.1, 0.15) is 0 Å². The number of rotatable bonds is 3. The number of amidine groups is 1. The number of nitrogens with zero attached hydrogens (tertiary/aromatic N) is 1. The standard InChI is InChI=1S/C15H20ClN3.2ClH/c1-9-5-12(19-15-13(9)14(15)16)18-8-11-4-2-3-10(6-11)7-17;;/h2-4,6,9,13-15H,5,7-8,17H2,1H3,(H,18,19);2*1H. The van der Waals surface area contributed by atoms with Crippen molar-refractivity contribution in [3.8, 4) is 0 Å². The Morgan fingerprint density at radius 2 is 2.05 bits per heavy atom. The molecule has 2 fully saturated rings. The monoisotopic (exact) mass is 349 g/mol. The maximum absolute atomic E-state index is 6.24. The van der Waals surface area contributed by atoms with Gasteiger partial charge in [-0.3, -0.25) is 4.99 Å². The summed E-state index contributed by atoms with van der Waals surface area (Å²) in [5.74, 6) is 2.39. The SMILES string of the molecule is CC1CC(=NCc2cccc(CN)c2)NC2C(Cl)C12.Cl.Cl. The minimum absolute atomic E-state index is 0. The molecule has 0 radical (unpaired) electrons. The predicted octanol–water partition coefficient (Wildman–Crippen LogP) is 3.12. The maximum atomic E-state index is 6.24. The van der Waals surface area contributed by atoms with Crippen molar-refractivity contribution in [2.75, 3.05) is 0 Å². The van der Waals surface area contributed by atoms with Gasteiger partial charge in [0.05, 0.1) is 17.8 Å². The summed E-state index contributed by atoms with van der Waals surface area (Å²) in [5.41, 5.74) is 8.02. The number of aliphatic imine (C=N–C) groups is 1. The van der Waals surface area contributed by atoms with Crippen LogP contribution >= 0.6 is 36.4 Å². The van der Waals surface area contributed by atoms with Crippen molar-refractivity contribution >= 4 is 42.3 Å². The zero-order valence-electron chi connectivity index (χ0n) is 12.0. The van der Waals surface area contributed by atoms with Gasteiger partial charge in [0, 0.05) is 24.9 Å². The van der Waals surface area contributed by atoms with E-state index < -0.39 is 0 Å². The van der Waals surface area contributed by atoms with Crippen LogP contribution in [-0.4, -0.2) is 17.3 Å². The minimum Gasteiger partial charge on any atom is -0.369 e. The maximum Gasteiger partial charge on any atom is 0.0972 e. The van der Waals surface area contributed by atoms with Crippen molar-refractivity contribution in [2.24, 2.45) is 22.6 Å². The largest absolute Gasteiger partial charge is 0.369 e. The summed E-state index contributed by atoms with van der Waals surface area (Å²) < 4.78 is 0. The van der Waals surface area contributed by atoms with Crippen molar-refractivity contribution < 1.29 is 0 Å². The number of benzene rings is 1. The van der Waals surface area contributed by atoms with Gasteiger partial charge in [0.15, 0.2) is 0 Å². The molecular weight excluding hydrogens is 329 g/mol. The van der Waals surface area contributed by atoms with Gasteiger partial charge in [-0.1, -0.05) is 31.2 Å². The molecule has 118 valence electrons. The first-order valence-electron chi connectivity index (χ1n) is 6.91. The lowest BCUT2D eigenvalue weighted by Gasteiger charge is -2.20. The predicted molar refractivity (Wildman–Crippen MR) is 93.8 cm³/mol. The van der Waals surface area contributed by atoms with Crippen molar-refractivity contribution in [3.63, 3.8) is 0 Å². The lowest BCUT2D eigenvalue weighted by molar-refractivity contribution is 0.474. The summed E-state index contributed by atoms with van der Waals surface area (Å²) in [4.78, 5) is 4.70. The van der Waals surface area contributed by atoms with E-state index in [4.69, 9.17) is 22.3 Å². The Hall–Kier alpha value is -0.480. The van der Waals surface area contributed by atoms with Crippen molar-refractivity contribution in [1.29, 1.82) is 0 Å². The van der Waals surface area contributed by atoms with E-state index in [0.29, 0.717) is 36.3 Å². The van der Waals surface area contributed by atoms with E-state index in [-0.39, 0.29) is 24.8 Å². The van der Waals surface area contributed by atoms with Crippen LogP contribution in [0.4, 0.5) is 0 Å². The molecule has 4 atom stereocenters. The molecule has 1 aliphatic heterocycles. The second-order valence-electron chi connectivity index (χ2n) is 5.66. The van der Waals surface area contributed by atoms with Crippen molar-refractivity contribution in [3.05, 3.63) is 35.4 Å². The number of alkyl halides is 1. The van der Waals surface area contributed by atoms with E-state index in [1.807, 2.05) is 12.1 Å². The number of nitrogens with one attached hydrogen (secondary N) is 1. The van der Waals surface area contributed by atoms with Crippen LogP contribution in [-0.2, 0) is 13.1 Å². The third-order valence-electron chi connectivity index (χ3n) is 4.17. The molecule has 1 saturated carbocycles. The smallest absolute Gasteiger partial charge is 0.0972 e. The van der Waals surface area contributed by atoms with Gasteiger partial charge in [-0.25, -0.2) is 0 Å². The van der Waals surface area contributed by atoms with Gasteiger partial charge in [0.25, 0.3) is 0 Å². The molecular formula is C15H22Cl3N3. The van der Waals surface area contributed by atoms with Crippen molar-refractivity contribution in [2.45, 2.75) is 37.9 Å². The Kier molecular flexibility index (Phi) is 6.79. The van der Waals surface area contributed by atoms with Gasteiger partial charge in [-0.15, -0.1) is 36.4 Å². The third kappa shape index (κ3) is 4.04. The molecule has 1 aliphatic carbocycles. The van der Waals surface area contributed by atoms with Gasteiger partial charge in [0.2, 0.25) is 0 Å². The molecule has 1 aromatic rings. The van der Waals surface area contributed by atoms with Crippen LogP contribution in [0.5, 0.6) is 0 Å². The fourth-order valence-corrected chi connectivity index (χ4v) is 3.54.